The lowest BCUT2D eigenvalue weighted by molar-refractivity contribution is 0.411. The molecule has 2 fully saturated rings. The number of hydrogen-bond donors (Lipinski definition) is 1. The van der Waals surface area contributed by atoms with Gasteiger partial charge in [-0.2, -0.15) is 4.98 Å². The minimum absolute atomic E-state index is 0.692. The molecule has 5 nitrogen and oxygen atoms in total. The van der Waals surface area contributed by atoms with E-state index in [1.165, 1.54) is 0 Å². The van der Waals surface area contributed by atoms with Crippen LogP contribution in [0.4, 0.5) is 6.01 Å². The number of fused-ring (bicyclic) bond motifs is 1. The molecule has 0 bridgehead atoms. The van der Waals surface area contributed by atoms with E-state index in [1.54, 1.807) is 0 Å². The maximum Gasteiger partial charge on any atom is 0.324 e. The van der Waals surface area contributed by atoms with E-state index in [-0.39, 0.29) is 0 Å². The first-order valence-electron chi connectivity index (χ1n) is 5.09. The number of aromatic nitrogens is 2. The summed E-state index contributed by atoms with van der Waals surface area (Å²) in [5, 5.41) is 7.22. The molecular formula is C9H14N4O. The van der Waals surface area contributed by atoms with Gasteiger partial charge in [0.15, 0.2) is 5.82 Å². The summed E-state index contributed by atoms with van der Waals surface area (Å²) in [6, 6.07) is 0.692. The zero-order valence-electron chi connectivity index (χ0n) is 8.23. The van der Waals surface area contributed by atoms with Crippen LogP contribution in [0, 0.1) is 18.8 Å². The van der Waals surface area contributed by atoms with Crippen molar-refractivity contribution in [2.45, 2.75) is 6.92 Å². The number of nitrogens with one attached hydrogen (secondary N) is 1. The van der Waals surface area contributed by atoms with Gasteiger partial charge >= 0.3 is 6.01 Å². The standard InChI is InChI=1S/C9H14N4O/c1-6-11-9(14-12-6)13-4-7-2-10-3-8(7)5-13/h7-8,10H,2-5H2,1H3. The molecule has 0 aliphatic carbocycles. The molecular weight excluding hydrogens is 180 g/mol. The summed E-state index contributed by atoms with van der Waals surface area (Å²) in [6.45, 7) is 6.23. The fourth-order valence-corrected chi connectivity index (χ4v) is 2.43. The SMILES string of the molecule is Cc1noc(N2CC3CNCC3C2)n1. The maximum absolute atomic E-state index is 5.16. The van der Waals surface area contributed by atoms with Gasteiger partial charge in [-0.1, -0.05) is 5.16 Å². The first-order valence-corrected chi connectivity index (χ1v) is 5.09. The fraction of sp³-hybridized carbons (Fsp3) is 0.778. The zero-order chi connectivity index (χ0) is 9.54. The van der Waals surface area contributed by atoms with Gasteiger partial charge < -0.3 is 14.7 Å². The highest BCUT2D eigenvalue weighted by Gasteiger charge is 2.37. The molecule has 1 aromatic heterocycles. The van der Waals surface area contributed by atoms with Crippen molar-refractivity contribution in [3.8, 4) is 0 Å². The minimum atomic E-state index is 0.692. The zero-order valence-corrected chi connectivity index (χ0v) is 8.23. The Morgan fingerprint density at radius 1 is 1.36 bits per heavy atom. The Labute approximate surface area is 82.5 Å². The molecule has 1 aromatic rings. The number of rotatable bonds is 1. The summed E-state index contributed by atoms with van der Waals surface area (Å²) < 4.78 is 5.16. The van der Waals surface area contributed by atoms with Crippen molar-refractivity contribution in [2.24, 2.45) is 11.8 Å². The molecule has 0 saturated carbocycles. The molecule has 76 valence electrons. The average molecular weight is 194 g/mol. The second kappa shape index (κ2) is 2.95. The maximum atomic E-state index is 5.16. The van der Waals surface area contributed by atoms with Gasteiger partial charge in [0.1, 0.15) is 0 Å². The van der Waals surface area contributed by atoms with Gasteiger partial charge in [0, 0.05) is 26.2 Å². The third-order valence-electron chi connectivity index (χ3n) is 3.18. The molecule has 5 heteroatoms. The third kappa shape index (κ3) is 1.19. The Kier molecular flexibility index (Phi) is 1.73. The molecule has 2 atom stereocenters. The second-order valence-electron chi connectivity index (χ2n) is 4.21. The normalized spacial score (nSPS) is 31.1. The Morgan fingerprint density at radius 3 is 2.64 bits per heavy atom. The van der Waals surface area contributed by atoms with Gasteiger partial charge in [-0.05, 0) is 18.8 Å². The predicted octanol–water partition coefficient (Wildman–Crippen LogP) is 0.0336. The highest BCUT2D eigenvalue weighted by Crippen LogP contribution is 2.29. The van der Waals surface area contributed by atoms with Crippen LogP contribution in [0.15, 0.2) is 4.52 Å². The molecule has 2 saturated heterocycles. The smallest absolute Gasteiger partial charge is 0.324 e. The largest absolute Gasteiger partial charge is 0.324 e. The summed E-state index contributed by atoms with van der Waals surface area (Å²) >= 11 is 0. The van der Waals surface area contributed by atoms with Gasteiger partial charge in [0.2, 0.25) is 0 Å². The van der Waals surface area contributed by atoms with Crippen LogP contribution in [-0.4, -0.2) is 36.3 Å². The molecule has 0 radical (unpaired) electrons. The van der Waals surface area contributed by atoms with E-state index in [0.717, 1.165) is 43.8 Å². The van der Waals surface area contributed by atoms with Crippen molar-refractivity contribution in [1.82, 2.24) is 15.5 Å². The molecule has 1 N–H and O–H groups in total. The van der Waals surface area contributed by atoms with Gasteiger partial charge in [-0.25, -0.2) is 0 Å². The lowest BCUT2D eigenvalue weighted by atomic mass is 10.0. The minimum Gasteiger partial charge on any atom is -0.324 e. The number of anilines is 1. The Bertz CT molecular complexity index is 325. The highest BCUT2D eigenvalue weighted by atomic mass is 16.5. The van der Waals surface area contributed by atoms with E-state index in [0.29, 0.717) is 6.01 Å². The van der Waals surface area contributed by atoms with Crippen molar-refractivity contribution in [2.75, 3.05) is 31.1 Å². The Balaban J connectivity index is 1.76. The van der Waals surface area contributed by atoms with E-state index < -0.39 is 0 Å². The van der Waals surface area contributed by atoms with E-state index in [9.17, 15) is 0 Å². The molecule has 3 heterocycles. The first-order chi connectivity index (χ1) is 6.83. The van der Waals surface area contributed by atoms with Crippen LogP contribution >= 0.6 is 0 Å². The van der Waals surface area contributed by atoms with Crippen LogP contribution in [0.25, 0.3) is 0 Å². The third-order valence-corrected chi connectivity index (χ3v) is 3.18. The van der Waals surface area contributed by atoms with Crippen molar-refractivity contribution in [3.05, 3.63) is 5.82 Å². The van der Waals surface area contributed by atoms with Crippen molar-refractivity contribution in [1.29, 1.82) is 0 Å². The topological polar surface area (TPSA) is 54.2 Å². The van der Waals surface area contributed by atoms with Gasteiger partial charge in [0.25, 0.3) is 0 Å². The molecule has 3 rings (SSSR count). The summed E-state index contributed by atoms with van der Waals surface area (Å²) in [5.41, 5.74) is 0. The average Bonchev–Trinajstić information content (AvgIpc) is 2.75. The van der Waals surface area contributed by atoms with E-state index in [1.807, 2.05) is 6.92 Å². The molecule has 14 heavy (non-hydrogen) atoms. The number of aryl methyl sites for hydroxylation is 1. The van der Waals surface area contributed by atoms with Crippen LogP contribution in [-0.2, 0) is 0 Å². The van der Waals surface area contributed by atoms with Gasteiger partial charge in [-0.3, -0.25) is 0 Å². The van der Waals surface area contributed by atoms with E-state index >= 15 is 0 Å². The molecule has 2 aliphatic heterocycles. The van der Waals surface area contributed by atoms with Crippen molar-refractivity contribution < 1.29 is 4.52 Å². The predicted molar refractivity (Wildman–Crippen MR) is 51.1 cm³/mol. The molecule has 2 unspecified atom stereocenters. The second-order valence-corrected chi connectivity index (χ2v) is 4.21. The van der Waals surface area contributed by atoms with Crippen LogP contribution in [0.5, 0.6) is 0 Å². The number of nitrogens with zero attached hydrogens (tertiary/aromatic N) is 3. The molecule has 0 spiro atoms. The molecule has 2 aliphatic rings. The monoisotopic (exact) mass is 194 g/mol. The molecule has 0 aromatic carbocycles. The van der Waals surface area contributed by atoms with Crippen LogP contribution in [0.3, 0.4) is 0 Å². The van der Waals surface area contributed by atoms with E-state index in [4.69, 9.17) is 4.52 Å². The van der Waals surface area contributed by atoms with Gasteiger partial charge in [0.05, 0.1) is 0 Å². The Hall–Kier alpha value is -1.10. The van der Waals surface area contributed by atoms with Crippen molar-refractivity contribution >= 4 is 6.01 Å². The van der Waals surface area contributed by atoms with Gasteiger partial charge in [-0.15, -0.1) is 0 Å². The lowest BCUT2D eigenvalue weighted by Crippen LogP contribution is -2.25. The van der Waals surface area contributed by atoms with Crippen LogP contribution < -0.4 is 10.2 Å². The highest BCUT2D eigenvalue weighted by molar-refractivity contribution is 5.28. The van der Waals surface area contributed by atoms with E-state index in [2.05, 4.69) is 20.4 Å². The van der Waals surface area contributed by atoms with Crippen molar-refractivity contribution in [3.63, 3.8) is 0 Å². The first kappa shape index (κ1) is 8.23. The van der Waals surface area contributed by atoms with Crippen LogP contribution in [0.1, 0.15) is 5.82 Å². The quantitative estimate of drug-likeness (QED) is 0.683. The Morgan fingerprint density at radius 2 is 2.07 bits per heavy atom. The fourth-order valence-electron chi connectivity index (χ4n) is 2.43. The lowest BCUT2D eigenvalue weighted by Gasteiger charge is -2.12. The molecule has 0 amide bonds. The van der Waals surface area contributed by atoms with Crippen LogP contribution in [0.2, 0.25) is 0 Å². The number of hydrogen-bond acceptors (Lipinski definition) is 5. The summed E-state index contributed by atoms with van der Waals surface area (Å²) in [7, 11) is 0. The summed E-state index contributed by atoms with van der Waals surface area (Å²) in [5.74, 6) is 2.25. The summed E-state index contributed by atoms with van der Waals surface area (Å²) in [4.78, 5) is 6.45. The summed E-state index contributed by atoms with van der Waals surface area (Å²) in [6.07, 6.45) is 0.